The molecule has 2 aromatic rings. The summed E-state index contributed by atoms with van der Waals surface area (Å²) < 4.78 is 42.7. The molecule has 0 aliphatic carbocycles. The van der Waals surface area contributed by atoms with E-state index in [1.807, 2.05) is 0 Å². The Bertz CT molecular complexity index is 1180. The fraction of sp³-hybridized carbons (Fsp3) is 0.391. The van der Waals surface area contributed by atoms with Gasteiger partial charge in [0.05, 0.1) is 25.5 Å². The normalized spacial score (nSPS) is 23.1. The average Bonchev–Trinajstić information content (AvgIpc) is 3.39. The van der Waals surface area contributed by atoms with Crippen LogP contribution in [0.4, 0.5) is 13.2 Å². The number of β-amino-alcohol motifs (C(OH)–C–C–N with tert-alkyl or cyclic N) is 1. The van der Waals surface area contributed by atoms with Gasteiger partial charge in [-0.2, -0.15) is 13.2 Å². The number of amides is 1. The SMILES string of the molecule is Cc1cc(C2=NOC(c3cc(Cl)cc(Cl)c3)(C(F)(F)F)C2)ccc1C(O)NC1CON(CCO)C1=O. The molecule has 0 bridgehead atoms. The van der Waals surface area contributed by atoms with Crippen molar-refractivity contribution in [2.45, 2.75) is 37.4 Å². The summed E-state index contributed by atoms with van der Waals surface area (Å²) in [5.41, 5.74) is -1.64. The summed E-state index contributed by atoms with van der Waals surface area (Å²) in [6.07, 6.45) is -6.68. The number of hydrogen-bond donors (Lipinski definition) is 3. The van der Waals surface area contributed by atoms with E-state index in [2.05, 4.69) is 10.5 Å². The zero-order chi connectivity index (χ0) is 26.3. The summed E-state index contributed by atoms with van der Waals surface area (Å²) in [7, 11) is 0. The topological polar surface area (TPSA) is 104 Å². The molecule has 8 nitrogen and oxygen atoms in total. The lowest BCUT2D eigenvalue weighted by molar-refractivity contribution is -0.275. The maximum Gasteiger partial charge on any atom is 0.435 e. The molecule has 0 saturated carbocycles. The minimum atomic E-state index is -4.82. The standard InChI is InChI=1S/C23H22Cl2F3N3O5/c1-12-6-13(2-3-17(12)20(33)29-19-11-35-31(4-5-32)21(19)34)18-10-22(36-30-18,23(26,27)28)14-7-15(24)9-16(25)8-14/h2-3,6-9,19-20,29,32-33H,4-5,10-11H2,1H3. The first-order chi connectivity index (χ1) is 16.9. The first kappa shape index (κ1) is 26.6. The zero-order valence-electron chi connectivity index (χ0n) is 18.9. The van der Waals surface area contributed by atoms with Gasteiger partial charge in [0.25, 0.3) is 11.5 Å². The number of carbonyl (C=O) groups is 1. The molecular weight excluding hydrogens is 526 g/mol. The number of benzene rings is 2. The Hall–Kier alpha value is -2.41. The predicted octanol–water partition coefficient (Wildman–Crippen LogP) is 3.60. The van der Waals surface area contributed by atoms with Crippen LogP contribution in [0.25, 0.3) is 0 Å². The minimum Gasteiger partial charge on any atom is -0.394 e. The van der Waals surface area contributed by atoms with Crippen LogP contribution < -0.4 is 5.32 Å². The van der Waals surface area contributed by atoms with Gasteiger partial charge < -0.3 is 15.1 Å². The maximum absolute atomic E-state index is 14.2. The number of hydroxylamine groups is 2. The maximum atomic E-state index is 14.2. The number of alkyl halides is 3. The highest BCUT2D eigenvalue weighted by Gasteiger charge is 2.62. The van der Waals surface area contributed by atoms with E-state index in [0.29, 0.717) is 16.7 Å². The molecular formula is C23H22Cl2F3N3O5. The van der Waals surface area contributed by atoms with Crippen molar-refractivity contribution in [3.8, 4) is 0 Å². The van der Waals surface area contributed by atoms with E-state index in [1.165, 1.54) is 18.2 Å². The van der Waals surface area contributed by atoms with Gasteiger partial charge in [0.2, 0.25) is 0 Å². The van der Waals surface area contributed by atoms with Crippen LogP contribution in [0.15, 0.2) is 41.6 Å². The van der Waals surface area contributed by atoms with Crippen molar-refractivity contribution in [3.63, 3.8) is 0 Å². The molecule has 13 heteroatoms. The highest BCUT2D eigenvalue weighted by Crippen LogP contribution is 2.49. The van der Waals surface area contributed by atoms with Gasteiger partial charge in [-0.3, -0.25) is 14.9 Å². The molecule has 1 fully saturated rings. The van der Waals surface area contributed by atoms with E-state index in [0.717, 1.165) is 17.2 Å². The first-order valence-electron chi connectivity index (χ1n) is 10.8. The van der Waals surface area contributed by atoms with Gasteiger partial charge in [0.1, 0.15) is 12.3 Å². The number of oxime groups is 1. The molecule has 2 heterocycles. The molecule has 2 aromatic carbocycles. The van der Waals surface area contributed by atoms with Crippen LogP contribution in [-0.2, 0) is 20.1 Å². The van der Waals surface area contributed by atoms with Gasteiger partial charge >= 0.3 is 6.18 Å². The van der Waals surface area contributed by atoms with Crippen molar-refractivity contribution in [1.29, 1.82) is 0 Å². The summed E-state index contributed by atoms with van der Waals surface area (Å²) in [5.74, 6) is -0.431. The average molecular weight is 548 g/mol. The third kappa shape index (κ3) is 5.04. The van der Waals surface area contributed by atoms with Crippen molar-refractivity contribution in [1.82, 2.24) is 10.4 Å². The van der Waals surface area contributed by atoms with Gasteiger partial charge in [-0.1, -0.05) is 40.5 Å². The second-order valence-electron chi connectivity index (χ2n) is 8.44. The number of nitrogens with one attached hydrogen (secondary N) is 1. The van der Waals surface area contributed by atoms with E-state index in [4.69, 9.17) is 38.0 Å². The van der Waals surface area contributed by atoms with Crippen LogP contribution in [0, 0.1) is 6.92 Å². The van der Waals surface area contributed by atoms with Crippen molar-refractivity contribution < 1.29 is 37.9 Å². The van der Waals surface area contributed by atoms with Crippen LogP contribution >= 0.6 is 23.2 Å². The van der Waals surface area contributed by atoms with Crippen molar-refractivity contribution in [2.24, 2.45) is 5.16 Å². The molecule has 0 aromatic heterocycles. The van der Waals surface area contributed by atoms with Crippen LogP contribution in [0.1, 0.15) is 34.9 Å². The molecule has 0 spiro atoms. The summed E-state index contributed by atoms with van der Waals surface area (Å²) in [4.78, 5) is 22.5. The lowest BCUT2D eigenvalue weighted by Crippen LogP contribution is -2.42. The smallest absolute Gasteiger partial charge is 0.394 e. The third-order valence-corrected chi connectivity index (χ3v) is 6.45. The first-order valence-corrected chi connectivity index (χ1v) is 11.6. The van der Waals surface area contributed by atoms with E-state index >= 15 is 0 Å². The molecule has 2 aliphatic heterocycles. The van der Waals surface area contributed by atoms with Crippen LogP contribution in [0.2, 0.25) is 10.0 Å². The summed E-state index contributed by atoms with van der Waals surface area (Å²) >= 11 is 11.9. The fourth-order valence-corrected chi connectivity index (χ4v) is 4.67. The molecule has 3 atom stereocenters. The Morgan fingerprint density at radius 3 is 2.56 bits per heavy atom. The van der Waals surface area contributed by atoms with Crippen molar-refractivity contribution >= 4 is 34.8 Å². The molecule has 4 rings (SSSR count). The minimum absolute atomic E-state index is 0.00578. The van der Waals surface area contributed by atoms with E-state index < -0.39 is 36.4 Å². The van der Waals surface area contributed by atoms with E-state index in [1.54, 1.807) is 13.0 Å². The number of aliphatic hydroxyl groups excluding tert-OH is 2. The molecule has 36 heavy (non-hydrogen) atoms. The molecule has 194 valence electrons. The van der Waals surface area contributed by atoms with E-state index in [-0.39, 0.29) is 41.1 Å². The number of aliphatic hydroxyl groups is 2. The number of hydrogen-bond acceptors (Lipinski definition) is 7. The molecule has 2 aliphatic rings. The van der Waals surface area contributed by atoms with Crippen LogP contribution in [0.3, 0.4) is 0 Å². The van der Waals surface area contributed by atoms with Crippen molar-refractivity contribution in [3.05, 3.63) is 68.7 Å². The Morgan fingerprint density at radius 1 is 1.25 bits per heavy atom. The fourth-order valence-electron chi connectivity index (χ4n) is 4.15. The predicted molar refractivity (Wildman–Crippen MR) is 124 cm³/mol. The lowest BCUT2D eigenvalue weighted by atomic mass is 9.86. The highest BCUT2D eigenvalue weighted by molar-refractivity contribution is 6.34. The van der Waals surface area contributed by atoms with Gasteiger partial charge in [0, 0.05) is 22.0 Å². The van der Waals surface area contributed by atoms with Crippen molar-refractivity contribution in [2.75, 3.05) is 19.8 Å². The summed E-state index contributed by atoms with van der Waals surface area (Å²) in [5, 5.41) is 27.2. The van der Waals surface area contributed by atoms with Crippen LogP contribution in [0.5, 0.6) is 0 Å². The van der Waals surface area contributed by atoms with Crippen LogP contribution in [-0.4, -0.2) is 58.9 Å². The van der Waals surface area contributed by atoms with Gasteiger partial charge in [0.15, 0.2) is 0 Å². The quantitative estimate of drug-likeness (QED) is 0.457. The number of nitrogens with zero attached hydrogens (tertiary/aromatic N) is 2. The van der Waals surface area contributed by atoms with Gasteiger partial charge in [-0.05, 0) is 47.9 Å². The second kappa shape index (κ2) is 10.2. The summed E-state index contributed by atoms with van der Waals surface area (Å²) in [6, 6.07) is 7.40. The van der Waals surface area contributed by atoms with Gasteiger partial charge in [-0.15, -0.1) is 0 Å². The Balaban J connectivity index is 1.53. The molecule has 0 radical (unpaired) electrons. The highest BCUT2D eigenvalue weighted by atomic mass is 35.5. The number of carbonyl (C=O) groups excluding carboxylic acids is 1. The summed E-state index contributed by atoms with van der Waals surface area (Å²) in [6.45, 7) is 1.38. The molecule has 3 N–H and O–H groups in total. The Morgan fingerprint density at radius 2 is 1.94 bits per heavy atom. The molecule has 1 amide bonds. The van der Waals surface area contributed by atoms with Gasteiger partial charge in [-0.25, -0.2) is 5.06 Å². The zero-order valence-corrected chi connectivity index (χ0v) is 20.4. The number of rotatable bonds is 7. The number of halogens is 5. The number of aryl methyl sites for hydroxylation is 1. The second-order valence-corrected chi connectivity index (χ2v) is 9.31. The largest absolute Gasteiger partial charge is 0.435 e. The third-order valence-electron chi connectivity index (χ3n) is 6.02. The monoisotopic (exact) mass is 547 g/mol. The molecule has 1 saturated heterocycles. The lowest BCUT2D eigenvalue weighted by Gasteiger charge is -2.29. The molecule has 3 unspecified atom stereocenters. The Labute approximate surface area is 214 Å². The van der Waals surface area contributed by atoms with E-state index in [9.17, 15) is 23.1 Å². The Kier molecular flexibility index (Phi) is 7.52.